The maximum atomic E-state index is 3.74. The third kappa shape index (κ3) is 3.98. The minimum Gasteiger partial charge on any atom is -0.369 e. The average Bonchev–Trinajstić information content (AvgIpc) is 2.47. The first-order chi connectivity index (χ1) is 9.76. The van der Waals surface area contributed by atoms with Crippen molar-refractivity contribution in [1.82, 2.24) is 5.32 Å². The number of hydrogen-bond donors (Lipinski definition) is 1. The maximum absolute atomic E-state index is 3.74. The van der Waals surface area contributed by atoms with Crippen LogP contribution in [0.3, 0.4) is 0 Å². The standard InChI is InChI=1S/C17H27BrN2/c1-3-7-15-8-5-6-11-20(15)16-10-9-14(13-19-4-2)17(18)12-16/h9-10,12,15,19H,3-8,11,13H2,1-2H3. The van der Waals surface area contributed by atoms with Gasteiger partial charge in [0.1, 0.15) is 0 Å². The predicted octanol–water partition coefficient (Wildman–Crippen LogP) is 4.72. The van der Waals surface area contributed by atoms with Crippen LogP contribution in [0.4, 0.5) is 5.69 Å². The zero-order valence-electron chi connectivity index (χ0n) is 12.8. The summed E-state index contributed by atoms with van der Waals surface area (Å²) >= 11 is 3.74. The number of hydrogen-bond acceptors (Lipinski definition) is 2. The van der Waals surface area contributed by atoms with Gasteiger partial charge in [-0.15, -0.1) is 0 Å². The van der Waals surface area contributed by atoms with Crippen molar-refractivity contribution in [3.05, 3.63) is 28.2 Å². The van der Waals surface area contributed by atoms with Crippen LogP contribution in [0.1, 0.15) is 51.5 Å². The van der Waals surface area contributed by atoms with Gasteiger partial charge in [0.25, 0.3) is 0 Å². The fourth-order valence-corrected chi connectivity index (χ4v) is 3.60. The van der Waals surface area contributed by atoms with Gasteiger partial charge in [-0.25, -0.2) is 0 Å². The van der Waals surface area contributed by atoms with Gasteiger partial charge in [-0.1, -0.05) is 42.3 Å². The topological polar surface area (TPSA) is 15.3 Å². The van der Waals surface area contributed by atoms with Crippen molar-refractivity contribution in [3.63, 3.8) is 0 Å². The first-order valence-corrected chi connectivity index (χ1v) is 8.81. The van der Waals surface area contributed by atoms with Gasteiger partial charge >= 0.3 is 0 Å². The normalized spacial score (nSPS) is 19.4. The highest BCUT2D eigenvalue weighted by Gasteiger charge is 2.22. The Balaban J connectivity index is 2.12. The van der Waals surface area contributed by atoms with E-state index in [9.17, 15) is 0 Å². The van der Waals surface area contributed by atoms with E-state index < -0.39 is 0 Å². The van der Waals surface area contributed by atoms with E-state index in [1.54, 1.807) is 0 Å². The predicted molar refractivity (Wildman–Crippen MR) is 91.4 cm³/mol. The van der Waals surface area contributed by atoms with E-state index >= 15 is 0 Å². The summed E-state index contributed by atoms with van der Waals surface area (Å²) in [6, 6.07) is 7.60. The molecule has 0 saturated carbocycles. The molecule has 1 saturated heterocycles. The second kappa shape index (κ2) is 8.04. The lowest BCUT2D eigenvalue weighted by Gasteiger charge is -2.38. The van der Waals surface area contributed by atoms with Crippen LogP contribution in [0, 0.1) is 0 Å². The Hall–Kier alpha value is -0.540. The van der Waals surface area contributed by atoms with Crippen molar-refractivity contribution in [1.29, 1.82) is 0 Å². The molecule has 0 aliphatic carbocycles. The molecule has 1 aromatic rings. The van der Waals surface area contributed by atoms with Crippen molar-refractivity contribution >= 4 is 21.6 Å². The SMILES string of the molecule is CCCC1CCCCN1c1ccc(CNCC)c(Br)c1. The van der Waals surface area contributed by atoms with Gasteiger partial charge in [0.2, 0.25) is 0 Å². The van der Waals surface area contributed by atoms with E-state index in [2.05, 4.69) is 58.2 Å². The highest BCUT2D eigenvalue weighted by atomic mass is 79.9. The van der Waals surface area contributed by atoms with Gasteiger partial charge in [-0.2, -0.15) is 0 Å². The minimum absolute atomic E-state index is 0.736. The van der Waals surface area contributed by atoms with E-state index in [0.29, 0.717) is 0 Å². The van der Waals surface area contributed by atoms with Crippen molar-refractivity contribution in [2.45, 2.75) is 58.5 Å². The van der Waals surface area contributed by atoms with E-state index in [1.165, 1.54) is 54.4 Å². The molecule has 1 heterocycles. The molecule has 0 radical (unpaired) electrons. The van der Waals surface area contributed by atoms with E-state index in [0.717, 1.165) is 19.1 Å². The molecule has 2 rings (SSSR count). The second-order valence-corrected chi connectivity index (χ2v) is 6.54. The van der Waals surface area contributed by atoms with Crippen LogP contribution in [0.2, 0.25) is 0 Å². The third-order valence-electron chi connectivity index (χ3n) is 4.18. The van der Waals surface area contributed by atoms with Crippen molar-refractivity contribution in [2.75, 3.05) is 18.0 Å². The molecule has 1 aromatic carbocycles. The third-order valence-corrected chi connectivity index (χ3v) is 4.92. The van der Waals surface area contributed by atoms with E-state index in [-0.39, 0.29) is 0 Å². The minimum atomic E-state index is 0.736. The molecule has 0 aromatic heterocycles. The van der Waals surface area contributed by atoms with Crippen LogP contribution >= 0.6 is 15.9 Å². The second-order valence-electron chi connectivity index (χ2n) is 5.69. The number of nitrogens with zero attached hydrogens (tertiary/aromatic N) is 1. The average molecular weight is 339 g/mol. The molecule has 0 amide bonds. The molecule has 1 fully saturated rings. The summed E-state index contributed by atoms with van der Waals surface area (Å²) in [6.45, 7) is 7.60. The number of benzene rings is 1. The van der Waals surface area contributed by atoms with Gasteiger partial charge in [-0.05, 0) is 49.9 Å². The molecule has 1 N–H and O–H groups in total. The molecule has 1 aliphatic rings. The van der Waals surface area contributed by atoms with E-state index in [4.69, 9.17) is 0 Å². The number of rotatable bonds is 6. The Labute approximate surface area is 132 Å². The summed E-state index contributed by atoms with van der Waals surface area (Å²) in [7, 11) is 0. The Morgan fingerprint density at radius 3 is 2.85 bits per heavy atom. The van der Waals surface area contributed by atoms with Crippen LogP contribution in [0.15, 0.2) is 22.7 Å². The summed E-state index contributed by atoms with van der Waals surface area (Å²) in [6.07, 6.45) is 6.67. The van der Waals surface area contributed by atoms with Crippen molar-refractivity contribution in [2.24, 2.45) is 0 Å². The van der Waals surface area contributed by atoms with Crippen LogP contribution in [0.5, 0.6) is 0 Å². The Morgan fingerprint density at radius 2 is 2.15 bits per heavy atom. The summed E-state index contributed by atoms with van der Waals surface area (Å²) in [4.78, 5) is 2.62. The smallest absolute Gasteiger partial charge is 0.0380 e. The van der Waals surface area contributed by atoms with Gasteiger partial charge < -0.3 is 10.2 Å². The van der Waals surface area contributed by atoms with Crippen molar-refractivity contribution in [3.8, 4) is 0 Å². The Bertz CT molecular complexity index is 417. The zero-order valence-corrected chi connectivity index (χ0v) is 14.4. The van der Waals surface area contributed by atoms with Gasteiger partial charge in [0.05, 0.1) is 0 Å². The lowest BCUT2D eigenvalue weighted by atomic mass is 9.97. The monoisotopic (exact) mass is 338 g/mol. The van der Waals surface area contributed by atoms with Crippen LogP contribution in [-0.4, -0.2) is 19.1 Å². The van der Waals surface area contributed by atoms with Gasteiger partial charge in [0, 0.05) is 29.3 Å². The molecule has 2 nitrogen and oxygen atoms in total. The molecular formula is C17H27BrN2. The summed E-state index contributed by atoms with van der Waals surface area (Å²) in [5.74, 6) is 0. The molecule has 1 atom stereocenters. The quantitative estimate of drug-likeness (QED) is 0.807. The molecular weight excluding hydrogens is 312 g/mol. The van der Waals surface area contributed by atoms with Gasteiger partial charge in [-0.3, -0.25) is 0 Å². The zero-order chi connectivity index (χ0) is 14.4. The Kier molecular flexibility index (Phi) is 6.37. The summed E-state index contributed by atoms with van der Waals surface area (Å²) < 4.78 is 1.23. The molecule has 3 heteroatoms. The van der Waals surface area contributed by atoms with Crippen LogP contribution in [0.25, 0.3) is 0 Å². The lowest BCUT2D eigenvalue weighted by Crippen LogP contribution is -2.39. The summed E-state index contributed by atoms with van der Waals surface area (Å²) in [5.41, 5.74) is 2.73. The number of piperidine rings is 1. The molecule has 1 unspecified atom stereocenters. The Morgan fingerprint density at radius 1 is 1.30 bits per heavy atom. The van der Waals surface area contributed by atoms with Gasteiger partial charge in [0.15, 0.2) is 0 Å². The largest absolute Gasteiger partial charge is 0.369 e. The van der Waals surface area contributed by atoms with Crippen LogP contribution < -0.4 is 10.2 Å². The number of halogens is 1. The first-order valence-electron chi connectivity index (χ1n) is 8.02. The fourth-order valence-electron chi connectivity index (χ4n) is 3.09. The van der Waals surface area contributed by atoms with E-state index in [1.807, 2.05) is 0 Å². The molecule has 0 bridgehead atoms. The number of anilines is 1. The highest BCUT2D eigenvalue weighted by molar-refractivity contribution is 9.10. The van der Waals surface area contributed by atoms with Crippen molar-refractivity contribution < 1.29 is 0 Å². The molecule has 20 heavy (non-hydrogen) atoms. The molecule has 0 spiro atoms. The number of nitrogens with one attached hydrogen (secondary N) is 1. The lowest BCUT2D eigenvalue weighted by molar-refractivity contribution is 0.434. The van der Waals surface area contributed by atoms with Crippen LogP contribution in [-0.2, 0) is 6.54 Å². The fraction of sp³-hybridized carbons (Fsp3) is 0.647. The maximum Gasteiger partial charge on any atom is 0.0380 e. The molecule has 112 valence electrons. The first kappa shape index (κ1) is 15.8. The molecule has 1 aliphatic heterocycles. The highest BCUT2D eigenvalue weighted by Crippen LogP contribution is 2.30. The summed E-state index contributed by atoms with van der Waals surface area (Å²) in [5, 5.41) is 3.39.